The molecule has 0 atom stereocenters. The summed E-state index contributed by atoms with van der Waals surface area (Å²) in [4.78, 5) is 8.12. The van der Waals surface area contributed by atoms with Gasteiger partial charge in [0, 0.05) is 7.11 Å². The Hall–Kier alpha value is -1.28. The van der Waals surface area contributed by atoms with Crippen LogP contribution in [0.1, 0.15) is 5.69 Å². The quantitative estimate of drug-likeness (QED) is 0.356. The molecule has 7 heteroatoms. The minimum atomic E-state index is 0.408. The Labute approximate surface area is 100 Å². The Bertz CT molecular complexity index is 294. The van der Waals surface area contributed by atoms with E-state index in [4.69, 9.17) is 20.1 Å². The van der Waals surface area contributed by atoms with Crippen LogP contribution in [0.25, 0.3) is 0 Å². The van der Waals surface area contributed by atoms with E-state index in [-0.39, 0.29) is 0 Å². The van der Waals surface area contributed by atoms with Gasteiger partial charge in [0.05, 0.1) is 51.1 Å². The number of ether oxygens (including phenoxy) is 3. The van der Waals surface area contributed by atoms with Crippen LogP contribution in [0.5, 0.6) is 0 Å². The van der Waals surface area contributed by atoms with Crippen molar-refractivity contribution in [1.82, 2.24) is 9.97 Å². The Balaban J connectivity index is 2.05. The monoisotopic (exact) mass is 242 g/mol. The van der Waals surface area contributed by atoms with Gasteiger partial charge in [0.1, 0.15) is 0 Å². The number of nitrogens with one attached hydrogen (secondary N) is 1. The lowest BCUT2D eigenvalue weighted by Gasteiger charge is -2.05. The van der Waals surface area contributed by atoms with Crippen molar-refractivity contribution in [3.05, 3.63) is 18.1 Å². The predicted molar refractivity (Wildman–Crippen MR) is 62.2 cm³/mol. The molecule has 17 heavy (non-hydrogen) atoms. The molecule has 0 bridgehead atoms. The average molecular weight is 242 g/mol. The van der Waals surface area contributed by atoms with Crippen molar-refractivity contribution >= 4 is 5.82 Å². The number of hydrazine groups is 1. The number of nitrogens with two attached hydrogens (primary N) is 1. The summed E-state index contributed by atoms with van der Waals surface area (Å²) in [7, 11) is 1.64. The lowest BCUT2D eigenvalue weighted by molar-refractivity contribution is 0.0192. The summed E-state index contributed by atoms with van der Waals surface area (Å²) in [6.07, 6.45) is 3.16. The van der Waals surface area contributed by atoms with E-state index in [0.717, 1.165) is 5.69 Å². The lowest BCUT2D eigenvalue weighted by atomic mass is 10.5. The van der Waals surface area contributed by atoms with Gasteiger partial charge in [0.2, 0.25) is 0 Å². The van der Waals surface area contributed by atoms with Gasteiger partial charge >= 0.3 is 0 Å². The zero-order chi connectivity index (χ0) is 12.3. The van der Waals surface area contributed by atoms with Crippen molar-refractivity contribution in [1.29, 1.82) is 0 Å². The fourth-order valence-corrected chi connectivity index (χ4v) is 1.04. The number of nitrogens with zero attached hydrogens (tertiary/aromatic N) is 2. The van der Waals surface area contributed by atoms with Gasteiger partial charge in [0.25, 0.3) is 0 Å². The first-order chi connectivity index (χ1) is 8.36. The molecule has 0 amide bonds. The van der Waals surface area contributed by atoms with E-state index in [1.807, 2.05) is 0 Å². The molecule has 0 saturated heterocycles. The lowest BCUT2D eigenvalue weighted by Crippen LogP contribution is -2.10. The standard InChI is InChI=1S/C10H18N4O3/c1-15-2-3-16-4-5-17-8-9-6-13-10(14-11)7-12-9/h6-7H,2-5,8,11H2,1H3,(H,13,14). The summed E-state index contributed by atoms with van der Waals surface area (Å²) in [5.74, 6) is 5.69. The minimum absolute atomic E-state index is 0.408. The van der Waals surface area contributed by atoms with Crippen LogP contribution in [0.3, 0.4) is 0 Å². The van der Waals surface area contributed by atoms with E-state index in [1.54, 1.807) is 19.5 Å². The smallest absolute Gasteiger partial charge is 0.158 e. The fraction of sp³-hybridized carbons (Fsp3) is 0.600. The highest BCUT2D eigenvalue weighted by molar-refractivity contribution is 5.28. The summed E-state index contributed by atoms with van der Waals surface area (Å²) >= 11 is 0. The van der Waals surface area contributed by atoms with Gasteiger partial charge in [-0.15, -0.1) is 0 Å². The Kier molecular flexibility index (Phi) is 7.15. The van der Waals surface area contributed by atoms with Crippen molar-refractivity contribution < 1.29 is 14.2 Å². The number of aromatic nitrogens is 2. The molecule has 1 rings (SSSR count). The molecular weight excluding hydrogens is 224 g/mol. The van der Waals surface area contributed by atoms with E-state index in [1.165, 1.54) is 0 Å². The molecule has 0 aliphatic rings. The van der Waals surface area contributed by atoms with E-state index in [0.29, 0.717) is 38.9 Å². The Morgan fingerprint density at radius 2 is 1.88 bits per heavy atom. The molecule has 1 heterocycles. The van der Waals surface area contributed by atoms with E-state index < -0.39 is 0 Å². The average Bonchev–Trinajstić information content (AvgIpc) is 2.38. The number of hydrogen-bond acceptors (Lipinski definition) is 7. The largest absolute Gasteiger partial charge is 0.382 e. The second-order valence-electron chi connectivity index (χ2n) is 3.20. The molecule has 0 fully saturated rings. The normalized spacial score (nSPS) is 10.5. The van der Waals surface area contributed by atoms with Gasteiger partial charge in [0.15, 0.2) is 5.82 Å². The fourth-order valence-electron chi connectivity index (χ4n) is 1.04. The maximum atomic E-state index is 5.35. The molecule has 1 aromatic heterocycles. The summed E-state index contributed by atoms with van der Waals surface area (Å²) in [6, 6.07) is 0. The molecule has 0 spiro atoms. The van der Waals surface area contributed by atoms with E-state index in [9.17, 15) is 0 Å². The molecule has 0 aliphatic carbocycles. The van der Waals surface area contributed by atoms with Crippen LogP contribution in [-0.2, 0) is 20.8 Å². The molecule has 0 unspecified atom stereocenters. The van der Waals surface area contributed by atoms with Gasteiger partial charge in [-0.1, -0.05) is 0 Å². The summed E-state index contributed by atoms with van der Waals surface area (Å²) in [5.41, 5.74) is 3.15. The first-order valence-corrected chi connectivity index (χ1v) is 5.28. The third-order valence-electron chi connectivity index (χ3n) is 1.91. The topological polar surface area (TPSA) is 91.5 Å². The van der Waals surface area contributed by atoms with Crippen LogP contribution in [-0.4, -0.2) is 43.5 Å². The molecule has 1 aromatic rings. The summed E-state index contributed by atoms with van der Waals surface area (Å²) in [5, 5.41) is 0. The van der Waals surface area contributed by atoms with E-state index in [2.05, 4.69) is 15.4 Å². The maximum absolute atomic E-state index is 5.35. The first kappa shape index (κ1) is 13.8. The third-order valence-corrected chi connectivity index (χ3v) is 1.91. The number of nitrogen functional groups attached to an aromatic ring is 1. The molecule has 96 valence electrons. The SMILES string of the molecule is COCCOCCOCc1cnc(NN)cn1. The van der Waals surface area contributed by atoms with Gasteiger partial charge in [-0.05, 0) is 0 Å². The molecule has 0 aliphatic heterocycles. The number of anilines is 1. The minimum Gasteiger partial charge on any atom is -0.382 e. The zero-order valence-electron chi connectivity index (χ0n) is 9.89. The van der Waals surface area contributed by atoms with Crippen LogP contribution in [0.4, 0.5) is 5.82 Å². The third kappa shape index (κ3) is 6.12. The highest BCUT2D eigenvalue weighted by Crippen LogP contribution is 2.00. The van der Waals surface area contributed by atoms with Gasteiger partial charge < -0.3 is 19.6 Å². The van der Waals surface area contributed by atoms with Gasteiger partial charge in [-0.3, -0.25) is 4.98 Å². The van der Waals surface area contributed by atoms with Crippen LogP contribution in [0.2, 0.25) is 0 Å². The maximum Gasteiger partial charge on any atom is 0.158 e. The van der Waals surface area contributed by atoms with Crippen molar-refractivity contribution in [2.75, 3.05) is 39.0 Å². The second-order valence-corrected chi connectivity index (χ2v) is 3.20. The number of methoxy groups -OCH3 is 1. The van der Waals surface area contributed by atoms with Crippen LogP contribution < -0.4 is 11.3 Å². The molecule has 0 radical (unpaired) electrons. The molecule has 7 nitrogen and oxygen atoms in total. The predicted octanol–water partition coefficient (Wildman–Crippen LogP) is -0.0582. The van der Waals surface area contributed by atoms with Crippen molar-refractivity contribution in [3.63, 3.8) is 0 Å². The summed E-state index contributed by atoms with van der Waals surface area (Å²) in [6.45, 7) is 2.64. The first-order valence-electron chi connectivity index (χ1n) is 5.28. The van der Waals surface area contributed by atoms with Crippen LogP contribution >= 0.6 is 0 Å². The zero-order valence-corrected chi connectivity index (χ0v) is 9.89. The molecule has 0 saturated carbocycles. The molecule has 0 aromatic carbocycles. The Morgan fingerprint density at radius 3 is 2.53 bits per heavy atom. The van der Waals surface area contributed by atoms with Crippen LogP contribution in [0.15, 0.2) is 12.4 Å². The number of rotatable bonds is 9. The van der Waals surface area contributed by atoms with Gasteiger partial charge in [-0.25, -0.2) is 10.8 Å². The molecule has 3 N–H and O–H groups in total. The second kappa shape index (κ2) is 8.82. The number of hydrogen-bond donors (Lipinski definition) is 2. The van der Waals surface area contributed by atoms with Gasteiger partial charge in [-0.2, -0.15) is 0 Å². The summed E-state index contributed by atoms with van der Waals surface area (Å²) < 4.78 is 15.4. The van der Waals surface area contributed by atoms with E-state index >= 15 is 0 Å². The van der Waals surface area contributed by atoms with Crippen molar-refractivity contribution in [2.45, 2.75) is 6.61 Å². The van der Waals surface area contributed by atoms with Crippen LogP contribution in [0, 0.1) is 0 Å². The highest BCUT2D eigenvalue weighted by Gasteiger charge is 1.96. The highest BCUT2D eigenvalue weighted by atomic mass is 16.5. The van der Waals surface area contributed by atoms with Crippen molar-refractivity contribution in [2.24, 2.45) is 5.84 Å². The van der Waals surface area contributed by atoms with Crippen molar-refractivity contribution in [3.8, 4) is 0 Å². The Morgan fingerprint density at radius 1 is 1.12 bits per heavy atom. The molecular formula is C10H18N4O3.